The van der Waals surface area contributed by atoms with Gasteiger partial charge < -0.3 is 32.7 Å². The number of anilines is 6. The van der Waals surface area contributed by atoms with Crippen LogP contribution in [0.2, 0.25) is 0 Å². The van der Waals surface area contributed by atoms with Gasteiger partial charge in [0.05, 0.1) is 0 Å². The molecule has 6 aromatic carbocycles. The molecule has 264 valence electrons. The Labute approximate surface area is 308 Å². The van der Waals surface area contributed by atoms with Crippen molar-refractivity contribution in [2.75, 3.05) is 9.80 Å². The molecule has 0 aliphatic heterocycles. The second kappa shape index (κ2) is 16.0. The number of nitrogens with zero attached hydrogens (tertiary/aromatic N) is 2. The van der Waals surface area contributed by atoms with Crippen molar-refractivity contribution in [2.24, 2.45) is 22.9 Å². The highest BCUT2D eigenvalue weighted by molar-refractivity contribution is 5.78. The molecule has 6 heteroatoms. The Bertz CT molecular complexity index is 1770. The molecule has 7 rings (SSSR count). The molecule has 1 aliphatic rings. The zero-order valence-electron chi connectivity index (χ0n) is 29.9. The molecule has 0 spiro atoms. The SMILES string of the molecule is NCc1ccc(N(c2ccc(CN)cc2)c2ccc(C3(c4ccc(N(c5ccc(CN)cc5)c5ccc(CN)cc5)cc4)CCCCC3)cc2)cc1. The van der Waals surface area contributed by atoms with E-state index in [-0.39, 0.29) is 5.41 Å². The van der Waals surface area contributed by atoms with Gasteiger partial charge >= 0.3 is 0 Å². The van der Waals surface area contributed by atoms with Gasteiger partial charge in [0, 0.05) is 65.7 Å². The fourth-order valence-electron chi connectivity index (χ4n) is 7.78. The molecule has 0 radical (unpaired) electrons. The van der Waals surface area contributed by atoms with Crippen LogP contribution in [0.25, 0.3) is 0 Å². The van der Waals surface area contributed by atoms with Gasteiger partial charge in [-0.25, -0.2) is 0 Å². The minimum Gasteiger partial charge on any atom is -0.326 e. The molecule has 0 unspecified atom stereocenters. The molecular formula is C46H50N6. The van der Waals surface area contributed by atoms with Gasteiger partial charge in [0.2, 0.25) is 0 Å². The van der Waals surface area contributed by atoms with E-state index in [4.69, 9.17) is 22.9 Å². The van der Waals surface area contributed by atoms with E-state index in [0.717, 1.165) is 69.2 Å². The van der Waals surface area contributed by atoms with Crippen molar-refractivity contribution in [1.82, 2.24) is 0 Å². The summed E-state index contributed by atoms with van der Waals surface area (Å²) in [5.41, 5.74) is 37.5. The zero-order valence-corrected chi connectivity index (χ0v) is 29.9. The quantitative estimate of drug-likeness (QED) is 0.102. The number of benzene rings is 6. The van der Waals surface area contributed by atoms with Crippen molar-refractivity contribution in [3.05, 3.63) is 179 Å². The topological polar surface area (TPSA) is 111 Å². The summed E-state index contributed by atoms with van der Waals surface area (Å²) in [6.45, 7) is 2.08. The normalized spacial score (nSPS) is 13.8. The first-order chi connectivity index (χ1) is 25.5. The Morgan fingerprint density at radius 3 is 0.788 bits per heavy atom. The monoisotopic (exact) mass is 686 g/mol. The van der Waals surface area contributed by atoms with Crippen molar-refractivity contribution < 1.29 is 0 Å². The van der Waals surface area contributed by atoms with Crippen LogP contribution in [-0.4, -0.2) is 0 Å². The van der Waals surface area contributed by atoms with Crippen LogP contribution in [0.15, 0.2) is 146 Å². The van der Waals surface area contributed by atoms with Gasteiger partial charge in [-0.05, 0) is 119 Å². The van der Waals surface area contributed by atoms with Gasteiger partial charge in [-0.15, -0.1) is 0 Å². The molecule has 0 atom stereocenters. The highest BCUT2D eigenvalue weighted by Crippen LogP contribution is 2.47. The van der Waals surface area contributed by atoms with E-state index in [9.17, 15) is 0 Å². The molecule has 0 bridgehead atoms. The Morgan fingerprint density at radius 2 is 0.558 bits per heavy atom. The summed E-state index contributed by atoms with van der Waals surface area (Å²) in [5, 5.41) is 0. The maximum Gasteiger partial charge on any atom is 0.0461 e. The molecule has 1 fully saturated rings. The lowest BCUT2D eigenvalue weighted by Gasteiger charge is -2.39. The number of hydrogen-bond donors (Lipinski definition) is 4. The van der Waals surface area contributed by atoms with E-state index in [1.807, 2.05) is 0 Å². The molecule has 1 aliphatic carbocycles. The van der Waals surface area contributed by atoms with Crippen LogP contribution >= 0.6 is 0 Å². The van der Waals surface area contributed by atoms with E-state index in [1.165, 1.54) is 30.4 Å². The Kier molecular flexibility index (Phi) is 10.8. The summed E-state index contributed by atoms with van der Waals surface area (Å²) in [6.07, 6.45) is 5.95. The van der Waals surface area contributed by atoms with Crippen LogP contribution in [0.3, 0.4) is 0 Å². The molecule has 8 N–H and O–H groups in total. The van der Waals surface area contributed by atoms with E-state index in [1.54, 1.807) is 0 Å². The average molecular weight is 687 g/mol. The minimum atomic E-state index is -0.0535. The summed E-state index contributed by atoms with van der Waals surface area (Å²) in [4.78, 5) is 4.61. The third-order valence-corrected chi connectivity index (χ3v) is 10.8. The van der Waals surface area contributed by atoms with Gasteiger partial charge in [0.25, 0.3) is 0 Å². The van der Waals surface area contributed by atoms with Gasteiger partial charge in [0.1, 0.15) is 0 Å². The van der Waals surface area contributed by atoms with Crippen LogP contribution in [0.1, 0.15) is 65.5 Å². The van der Waals surface area contributed by atoms with E-state index >= 15 is 0 Å². The standard InChI is InChI=1S/C46H50N6/c47-30-34-4-16-40(17-5-34)51(41-18-6-35(31-48)7-19-41)44-24-12-38(13-25-44)46(28-2-1-3-29-46)39-14-26-45(27-15-39)52(42-20-8-36(32-49)9-21-42)43-22-10-37(33-50)11-23-43/h4-27H,1-3,28-33,47-50H2. The minimum absolute atomic E-state index is 0.0535. The zero-order chi connectivity index (χ0) is 35.9. The fraction of sp³-hybridized carbons (Fsp3) is 0.217. The van der Waals surface area contributed by atoms with Gasteiger partial charge in [-0.1, -0.05) is 92.1 Å². The third kappa shape index (κ3) is 7.25. The van der Waals surface area contributed by atoms with Gasteiger partial charge in [0.15, 0.2) is 0 Å². The van der Waals surface area contributed by atoms with Crippen LogP contribution < -0.4 is 32.7 Å². The van der Waals surface area contributed by atoms with Crippen molar-refractivity contribution in [3.8, 4) is 0 Å². The second-order valence-corrected chi connectivity index (χ2v) is 13.9. The van der Waals surface area contributed by atoms with Crippen molar-refractivity contribution in [3.63, 3.8) is 0 Å². The highest BCUT2D eigenvalue weighted by atomic mass is 15.1. The summed E-state index contributed by atoms with van der Waals surface area (Å²) in [7, 11) is 0. The van der Waals surface area contributed by atoms with Crippen LogP contribution in [0.5, 0.6) is 0 Å². The third-order valence-electron chi connectivity index (χ3n) is 10.8. The highest BCUT2D eigenvalue weighted by Gasteiger charge is 2.36. The largest absolute Gasteiger partial charge is 0.326 e. The summed E-state index contributed by atoms with van der Waals surface area (Å²) < 4.78 is 0. The molecule has 0 heterocycles. The first-order valence-corrected chi connectivity index (χ1v) is 18.5. The van der Waals surface area contributed by atoms with Crippen molar-refractivity contribution in [2.45, 2.75) is 63.7 Å². The molecule has 0 aromatic heterocycles. The van der Waals surface area contributed by atoms with E-state index in [2.05, 4.69) is 155 Å². The molecule has 0 saturated heterocycles. The molecule has 1 saturated carbocycles. The lowest BCUT2D eigenvalue weighted by atomic mass is 9.65. The Hall–Kier alpha value is -5.24. The first-order valence-electron chi connectivity index (χ1n) is 18.5. The van der Waals surface area contributed by atoms with Gasteiger partial charge in [-0.2, -0.15) is 0 Å². The van der Waals surface area contributed by atoms with Crippen molar-refractivity contribution >= 4 is 34.1 Å². The molecule has 6 nitrogen and oxygen atoms in total. The molecular weight excluding hydrogens is 637 g/mol. The first kappa shape index (κ1) is 35.2. The lowest BCUT2D eigenvalue weighted by Crippen LogP contribution is -2.30. The maximum atomic E-state index is 5.94. The average Bonchev–Trinajstić information content (AvgIpc) is 3.23. The summed E-state index contributed by atoms with van der Waals surface area (Å²) in [5.74, 6) is 0. The van der Waals surface area contributed by atoms with Crippen molar-refractivity contribution in [1.29, 1.82) is 0 Å². The molecule has 0 amide bonds. The summed E-state index contributed by atoms with van der Waals surface area (Å²) in [6, 6.07) is 52.6. The second-order valence-electron chi connectivity index (χ2n) is 13.9. The van der Waals surface area contributed by atoms with Crippen LogP contribution in [-0.2, 0) is 31.6 Å². The predicted molar refractivity (Wildman–Crippen MR) is 218 cm³/mol. The van der Waals surface area contributed by atoms with Crippen LogP contribution in [0.4, 0.5) is 34.1 Å². The lowest BCUT2D eigenvalue weighted by molar-refractivity contribution is 0.346. The van der Waals surface area contributed by atoms with E-state index < -0.39 is 0 Å². The number of nitrogens with two attached hydrogens (primary N) is 4. The van der Waals surface area contributed by atoms with Crippen LogP contribution in [0, 0.1) is 0 Å². The maximum absolute atomic E-state index is 5.94. The number of hydrogen-bond acceptors (Lipinski definition) is 6. The number of rotatable bonds is 12. The Balaban J connectivity index is 1.24. The molecule has 52 heavy (non-hydrogen) atoms. The predicted octanol–water partition coefficient (Wildman–Crippen LogP) is 9.71. The molecule has 6 aromatic rings. The smallest absolute Gasteiger partial charge is 0.0461 e. The van der Waals surface area contributed by atoms with Gasteiger partial charge in [-0.3, -0.25) is 0 Å². The fourth-order valence-corrected chi connectivity index (χ4v) is 7.78. The van der Waals surface area contributed by atoms with E-state index in [0.29, 0.717) is 26.2 Å². The summed E-state index contributed by atoms with van der Waals surface area (Å²) >= 11 is 0. The Morgan fingerprint density at radius 1 is 0.327 bits per heavy atom.